The first kappa shape index (κ1) is 21.4. The molecule has 0 spiro atoms. The van der Waals surface area contributed by atoms with Gasteiger partial charge in [0.25, 0.3) is 5.91 Å². The van der Waals surface area contributed by atoms with Crippen LogP contribution in [0.25, 0.3) is 0 Å². The van der Waals surface area contributed by atoms with E-state index < -0.39 is 15.9 Å². The van der Waals surface area contributed by atoms with Gasteiger partial charge in [0.05, 0.1) is 14.2 Å². The number of ether oxygens (including phenoxy) is 2. The number of methoxy groups -OCH3 is 2. The van der Waals surface area contributed by atoms with E-state index in [1.807, 2.05) is 30.3 Å². The molecule has 3 aromatic carbocycles. The van der Waals surface area contributed by atoms with Crippen molar-refractivity contribution in [1.29, 1.82) is 0 Å². The molecule has 0 atom stereocenters. The van der Waals surface area contributed by atoms with Crippen molar-refractivity contribution in [2.45, 2.75) is 11.4 Å². The summed E-state index contributed by atoms with van der Waals surface area (Å²) >= 11 is 0. The number of hydrogen-bond acceptors (Lipinski definition) is 5. The van der Waals surface area contributed by atoms with Gasteiger partial charge in [-0.3, -0.25) is 4.79 Å². The van der Waals surface area contributed by atoms with Crippen LogP contribution in [0, 0.1) is 0 Å². The van der Waals surface area contributed by atoms with Crippen LogP contribution in [0.3, 0.4) is 0 Å². The molecule has 0 radical (unpaired) electrons. The molecule has 0 aliphatic heterocycles. The van der Waals surface area contributed by atoms with Gasteiger partial charge in [0.15, 0.2) is 0 Å². The number of sulfonamides is 1. The van der Waals surface area contributed by atoms with Crippen LogP contribution in [0.5, 0.6) is 11.5 Å². The third-order valence-corrected chi connectivity index (χ3v) is 5.79. The van der Waals surface area contributed by atoms with E-state index in [9.17, 15) is 13.2 Å². The minimum absolute atomic E-state index is 0.108. The van der Waals surface area contributed by atoms with Gasteiger partial charge < -0.3 is 14.8 Å². The van der Waals surface area contributed by atoms with E-state index in [-0.39, 0.29) is 22.8 Å². The second-order valence-corrected chi connectivity index (χ2v) is 8.09. The average Bonchev–Trinajstić information content (AvgIpc) is 2.78. The van der Waals surface area contributed by atoms with Crippen LogP contribution in [0.2, 0.25) is 0 Å². The molecule has 0 saturated heterocycles. The molecule has 0 bridgehead atoms. The quantitative estimate of drug-likeness (QED) is 0.576. The summed E-state index contributed by atoms with van der Waals surface area (Å²) in [4.78, 5) is 12.5. The van der Waals surface area contributed by atoms with Crippen molar-refractivity contribution in [3.8, 4) is 11.5 Å². The standard InChI is InChI=1S/C22H22N2O5S/c1-28-19-11-9-18(10-12-19)24-22(25)17-8-13-20(29-2)21(14-17)30(26,27)23-15-16-6-4-3-5-7-16/h3-14,23H,15H2,1-2H3,(H,24,25). The maximum atomic E-state index is 12.9. The molecule has 0 aliphatic carbocycles. The summed E-state index contributed by atoms with van der Waals surface area (Å²) in [6.07, 6.45) is 0. The monoisotopic (exact) mass is 426 g/mol. The summed E-state index contributed by atoms with van der Waals surface area (Å²) in [5.41, 5.74) is 1.56. The maximum Gasteiger partial charge on any atom is 0.255 e. The number of anilines is 1. The van der Waals surface area contributed by atoms with Crippen LogP contribution in [0.4, 0.5) is 5.69 Å². The highest BCUT2D eigenvalue weighted by atomic mass is 32.2. The Morgan fingerprint density at radius 2 is 1.60 bits per heavy atom. The molecule has 7 nitrogen and oxygen atoms in total. The minimum atomic E-state index is -3.91. The SMILES string of the molecule is COc1ccc(NC(=O)c2ccc(OC)c(S(=O)(=O)NCc3ccccc3)c2)cc1. The number of rotatable bonds is 8. The maximum absolute atomic E-state index is 12.9. The molecular weight excluding hydrogens is 404 g/mol. The Kier molecular flexibility index (Phi) is 6.71. The average molecular weight is 426 g/mol. The molecule has 3 rings (SSSR count). The third-order valence-electron chi connectivity index (χ3n) is 4.37. The number of amides is 1. The predicted octanol–water partition coefficient (Wildman–Crippen LogP) is 3.43. The first-order valence-corrected chi connectivity index (χ1v) is 10.6. The van der Waals surface area contributed by atoms with Crippen molar-refractivity contribution in [3.05, 3.63) is 83.9 Å². The highest BCUT2D eigenvalue weighted by Crippen LogP contribution is 2.26. The van der Waals surface area contributed by atoms with Crippen LogP contribution in [0.15, 0.2) is 77.7 Å². The molecule has 30 heavy (non-hydrogen) atoms. The zero-order valence-electron chi connectivity index (χ0n) is 16.6. The van der Waals surface area contributed by atoms with Gasteiger partial charge in [0.2, 0.25) is 10.0 Å². The van der Waals surface area contributed by atoms with E-state index in [0.717, 1.165) is 5.56 Å². The molecule has 1 amide bonds. The lowest BCUT2D eigenvalue weighted by Crippen LogP contribution is -2.24. The largest absolute Gasteiger partial charge is 0.497 e. The molecule has 0 aromatic heterocycles. The van der Waals surface area contributed by atoms with E-state index in [2.05, 4.69) is 10.0 Å². The van der Waals surface area contributed by atoms with Gasteiger partial charge >= 0.3 is 0 Å². The number of benzene rings is 3. The molecule has 0 saturated carbocycles. The fourth-order valence-corrected chi connectivity index (χ4v) is 3.97. The Labute approximate surface area is 175 Å². The van der Waals surface area contributed by atoms with Crippen molar-refractivity contribution in [2.75, 3.05) is 19.5 Å². The lowest BCUT2D eigenvalue weighted by atomic mass is 10.2. The zero-order valence-corrected chi connectivity index (χ0v) is 17.4. The van der Waals surface area contributed by atoms with E-state index in [0.29, 0.717) is 11.4 Å². The van der Waals surface area contributed by atoms with E-state index >= 15 is 0 Å². The van der Waals surface area contributed by atoms with Gasteiger partial charge in [-0.15, -0.1) is 0 Å². The predicted molar refractivity (Wildman–Crippen MR) is 114 cm³/mol. The summed E-state index contributed by atoms with van der Waals surface area (Å²) in [7, 11) is -0.979. The van der Waals surface area contributed by atoms with Gasteiger partial charge in [0.1, 0.15) is 16.4 Å². The van der Waals surface area contributed by atoms with Crippen molar-refractivity contribution in [3.63, 3.8) is 0 Å². The molecule has 0 aliphatic rings. The number of carbonyl (C=O) groups is 1. The first-order valence-electron chi connectivity index (χ1n) is 9.10. The van der Waals surface area contributed by atoms with Crippen molar-refractivity contribution < 1.29 is 22.7 Å². The van der Waals surface area contributed by atoms with Crippen LogP contribution < -0.4 is 19.5 Å². The Bertz CT molecular complexity index is 1110. The zero-order chi connectivity index (χ0) is 21.6. The van der Waals surface area contributed by atoms with Crippen LogP contribution in [-0.2, 0) is 16.6 Å². The Morgan fingerprint density at radius 1 is 0.900 bits per heavy atom. The highest BCUT2D eigenvalue weighted by molar-refractivity contribution is 7.89. The van der Waals surface area contributed by atoms with Crippen LogP contribution >= 0.6 is 0 Å². The third kappa shape index (κ3) is 5.16. The van der Waals surface area contributed by atoms with Gasteiger partial charge in [-0.2, -0.15) is 0 Å². The molecular formula is C22H22N2O5S. The second kappa shape index (κ2) is 9.43. The molecule has 0 unspecified atom stereocenters. The van der Waals surface area contributed by atoms with Gasteiger partial charge in [-0.1, -0.05) is 30.3 Å². The fraction of sp³-hybridized carbons (Fsp3) is 0.136. The second-order valence-electron chi connectivity index (χ2n) is 6.36. The fourth-order valence-electron chi connectivity index (χ4n) is 2.76. The van der Waals surface area contributed by atoms with Gasteiger partial charge in [-0.25, -0.2) is 13.1 Å². The topological polar surface area (TPSA) is 93.7 Å². The van der Waals surface area contributed by atoms with Gasteiger partial charge in [0, 0.05) is 17.8 Å². The smallest absolute Gasteiger partial charge is 0.255 e. The van der Waals surface area contributed by atoms with Crippen LogP contribution in [-0.4, -0.2) is 28.5 Å². The summed E-state index contributed by atoms with van der Waals surface area (Å²) in [6, 6.07) is 20.2. The first-order chi connectivity index (χ1) is 14.4. The molecule has 8 heteroatoms. The van der Waals surface area contributed by atoms with E-state index in [4.69, 9.17) is 9.47 Å². The molecule has 156 valence electrons. The summed E-state index contributed by atoms with van der Waals surface area (Å²) in [6.45, 7) is 0.120. The van der Waals surface area contributed by atoms with Crippen molar-refractivity contribution >= 4 is 21.6 Å². The number of hydrogen-bond donors (Lipinski definition) is 2. The van der Waals surface area contributed by atoms with E-state index in [1.54, 1.807) is 31.4 Å². The minimum Gasteiger partial charge on any atom is -0.497 e. The van der Waals surface area contributed by atoms with E-state index in [1.165, 1.54) is 25.3 Å². The lowest BCUT2D eigenvalue weighted by molar-refractivity contribution is 0.102. The van der Waals surface area contributed by atoms with Crippen molar-refractivity contribution in [2.24, 2.45) is 0 Å². The summed E-state index contributed by atoms with van der Waals surface area (Å²) < 4.78 is 38.5. The van der Waals surface area contributed by atoms with Gasteiger partial charge in [-0.05, 0) is 48.0 Å². The van der Waals surface area contributed by atoms with Crippen LogP contribution in [0.1, 0.15) is 15.9 Å². The van der Waals surface area contributed by atoms with Crippen molar-refractivity contribution in [1.82, 2.24) is 4.72 Å². The summed E-state index contributed by atoms with van der Waals surface area (Å²) in [5.74, 6) is 0.370. The number of carbonyl (C=O) groups excluding carboxylic acids is 1. The Balaban J connectivity index is 1.82. The highest BCUT2D eigenvalue weighted by Gasteiger charge is 2.21. The molecule has 0 fully saturated rings. The Hall–Kier alpha value is -3.36. The number of nitrogens with one attached hydrogen (secondary N) is 2. The molecule has 3 aromatic rings. The lowest BCUT2D eigenvalue weighted by Gasteiger charge is -2.13. The molecule has 2 N–H and O–H groups in total. The summed E-state index contributed by atoms with van der Waals surface area (Å²) in [5, 5.41) is 2.73. The normalized spacial score (nSPS) is 11.0. The Morgan fingerprint density at radius 3 is 2.23 bits per heavy atom. The molecule has 0 heterocycles.